The second kappa shape index (κ2) is 6.80. The van der Waals surface area contributed by atoms with Crippen molar-refractivity contribution in [3.05, 3.63) is 17.5 Å². The van der Waals surface area contributed by atoms with Crippen LogP contribution in [0.25, 0.3) is 0 Å². The molecule has 0 amide bonds. The van der Waals surface area contributed by atoms with Gasteiger partial charge in [0.1, 0.15) is 12.4 Å². The van der Waals surface area contributed by atoms with Crippen molar-refractivity contribution >= 4 is 19.8 Å². The molecule has 1 heterocycles. The van der Waals surface area contributed by atoms with Crippen LogP contribution in [-0.4, -0.2) is 43.3 Å². The van der Waals surface area contributed by atoms with Gasteiger partial charge in [0.2, 0.25) is 0 Å². The highest BCUT2D eigenvalue weighted by Crippen LogP contribution is 2.10. The van der Waals surface area contributed by atoms with E-state index in [9.17, 15) is 9.59 Å². The zero-order valence-corrected chi connectivity index (χ0v) is 13.7. The summed E-state index contributed by atoms with van der Waals surface area (Å²) in [4.78, 5) is 22.9. The fraction of sp³-hybridized carbons (Fsp3) is 0.615. The Morgan fingerprint density at radius 3 is 2.50 bits per heavy atom. The van der Waals surface area contributed by atoms with E-state index in [0.29, 0.717) is 12.3 Å². The number of carbonyl (C=O) groups is 2. The zero-order valence-electron chi connectivity index (χ0n) is 12.7. The minimum atomic E-state index is -1.14. The standard InChI is InChI=1S/C13H22N2O4Si/c1-10(16)12-8-11(13(17)18-2)14-15(12)9-19-6-7-20(3,4)5/h8H,6-7,9H2,1-5H3. The lowest BCUT2D eigenvalue weighted by Gasteiger charge is -2.15. The van der Waals surface area contributed by atoms with Gasteiger partial charge in [-0.2, -0.15) is 5.10 Å². The molecule has 1 aromatic heterocycles. The molecule has 0 fully saturated rings. The Morgan fingerprint density at radius 1 is 1.35 bits per heavy atom. The molecule has 0 atom stereocenters. The molecule has 0 bridgehead atoms. The first-order chi connectivity index (χ1) is 9.24. The number of ether oxygens (including phenoxy) is 2. The molecule has 0 saturated heterocycles. The normalized spacial score (nSPS) is 11.4. The Balaban J connectivity index is 2.71. The van der Waals surface area contributed by atoms with Gasteiger partial charge < -0.3 is 9.47 Å². The average Bonchev–Trinajstić information content (AvgIpc) is 2.76. The third kappa shape index (κ3) is 4.90. The molecule has 0 aliphatic heterocycles. The van der Waals surface area contributed by atoms with E-state index in [-0.39, 0.29) is 18.2 Å². The third-order valence-electron chi connectivity index (χ3n) is 2.75. The molecule has 0 radical (unpaired) electrons. The van der Waals surface area contributed by atoms with Crippen LogP contribution in [0.15, 0.2) is 6.07 Å². The van der Waals surface area contributed by atoms with E-state index in [0.717, 1.165) is 6.04 Å². The Kier molecular flexibility index (Phi) is 5.64. The van der Waals surface area contributed by atoms with Crippen LogP contribution in [0, 0.1) is 0 Å². The number of methoxy groups -OCH3 is 1. The second-order valence-electron chi connectivity index (χ2n) is 5.81. The molecule has 0 saturated carbocycles. The Morgan fingerprint density at radius 2 is 2.00 bits per heavy atom. The van der Waals surface area contributed by atoms with Crippen molar-refractivity contribution in [3.8, 4) is 0 Å². The first kappa shape index (κ1) is 16.6. The summed E-state index contributed by atoms with van der Waals surface area (Å²) in [6.07, 6.45) is 0. The molecule has 0 N–H and O–H groups in total. The van der Waals surface area contributed by atoms with Crippen LogP contribution in [0.4, 0.5) is 0 Å². The maximum absolute atomic E-state index is 11.5. The number of Topliss-reactive ketones (excluding diaryl/α,β-unsaturated/α-hetero) is 1. The smallest absolute Gasteiger partial charge is 0.358 e. The van der Waals surface area contributed by atoms with E-state index in [2.05, 4.69) is 29.5 Å². The van der Waals surface area contributed by atoms with E-state index in [1.165, 1.54) is 24.8 Å². The highest BCUT2D eigenvalue weighted by Gasteiger charge is 2.18. The Bertz CT molecular complexity index is 491. The lowest BCUT2D eigenvalue weighted by Crippen LogP contribution is -2.22. The van der Waals surface area contributed by atoms with Crippen LogP contribution in [0.5, 0.6) is 0 Å². The number of rotatable bonds is 7. The monoisotopic (exact) mass is 298 g/mol. The lowest BCUT2D eigenvalue weighted by molar-refractivity contribution is 0.0579. The number of hydrogen-bond acceptors (Lipinski definition) is 5. The van der Waals surface area contributed by atoms with Gasteiger partial charge in [0.25, 0.3) is 0 Å². The van der Waals surface area contributed by atoms with Crippen LogP contribution in [0.3, 0.4) is 0 Å². The van der Waals surface area contributed by atoms with Crippen LogP contribution in [0.2, 0.25) is 25.7 Å². The van der Waals surface area contributed by atoms with Crippen molar-refractivity contribution in [2.45, 2.75) is 39.3 Å². The molecular weight excluding hydrogens is 276 g/mol. The predicted molar refractivity (Wildman–Crippen MR) is 77.7 cm³/mol. The number of hydrogen-bond donors (Lipinski definition) is 0. The summed E-state index contributed by atoms with van der Waals surface area (Å²) in [6, 6.07) is 2.46. The van der Waals surface area contributed by atoms with Crippen LogP contribution >= 0.6 is 0 Å². The molecule has 0 unspecified atom stereocenters. The Hall–Kier alpha value is -1.47. The van der Waals surface area contributed by atoms with Gasteiger partial charge in [0.15, 0.2) is 11.5 Å². The van der Waals surface area contributed by atoms with Gasteiger partial charge in [-0.3, -0.25) is 4.79 Å². The summed E-state index contributed by atoms with van der Waals surface area (Å²) in [5.74, 6) is -0.727. The van der Waals surface area contributed by atoms with Gasteiger partial charge in [0, 0.05) is 27.7 Å². The highest BCUT2D eigenvalue weighted by molar-refractivity contribution is 6.76. The van der Waals surface area contributed by atoms with Crippen molar-refractivity contribution in [1.29, 1.82) is 0 Å². The third-order valence-corrected chi connectivity index (χ3v) is 4.45. The maximum Gasteiger partial charge on any atom is 0.358 e. The van der Waals surface area contributed by atoms with E-state index >= 15 is 0 Å². The number of carbonyl (C=O) groups excluding carboxylic acids is 2. The summed E-state index contributed by atoms with van der Waals surface area (Å²) < 4.78 is 11.5. The van der Waals surface area contributed by atoms with Crippen LogP contribution < -0.4 is 0 Å². The molecular formula is C13H22N2O4Si. The molecule has 0 spiro atoms. The van der Waals surface area contributed by atoms with E-state index in [4.69, 9.17) is 4.74 Å². The molecule has 7 heteroatoms. The highest BCUT2D eigenvalue weighted by atomic mass is 28.3. The first-order valence-electron chi connectivity index (χ1n) is 6.49. The fourth-order valence-electron chi connectivity index (χ4n) is 1.53. The van der Waals surface area contributed by atoms with Gasteiger partial charge in [-0.05, 0) is 6.04 Å². The minimum Gasteiger partial charge on any atom is -0.464 e. The van der Waals surface area contributed by atoms with E-state index < -0.39 is 14.0 Å². The molecule has 20 heavy (non-hydrogen) atoms. The summed E-state index contributed by atoms with van der Waals surface area (Å²) >= 11 is 0. The fourth-order valence-corrected chi connectivity index (χ4v) is 2.29. The van der Waals surface area contributed by atoms with Crippen molar-refractivity contribution in [2.24, 2.45) is 0 Å². The van der Waals surface area contributed by atoms with Crippen LogP contribution in [0.1, 0.15) is 27.9 Å². The lowest BCUT2D eigenvalue weighted by atomic mass is 10.3. The zero-order chi connectivity index (χ0) is 15.3. The summed E-state index contributed by atoms with van der Waals surface area (Å²) in [7, 11) is 0.132. The average molecular weight is 298 g/mol. The quantitative estimate of drug-likeness (QED) is 0.334. The molecule has 0 aliphatic carbocycles. The second-order valence-corrected chi connectivity index (χ2v) is 11.4. The number of esters is 1. The molecule has 1 rings (SSSR count). The number of aromatic nitrogens is 2. The molecule has 6 nitrogen and oxygen atoms in total. The number of ketones is 1. The van der Waals surface area contributed by atoms with E-state index in [1.54, 1.807) is 0 Å². The van der Waals surface area contributed by atoms with E-state index in [1.807, 2.05) is 0 Å². The summed E-state index contributed by atoms with van der Waals surface area (Å²) in [5.41, 5.74) is 0.463. The summed E-state index contributed by atoms with van der Waals surface area (Å²) in [6.45, 7) is 9.01. The SMILES string of the molecule is COC(=O)c1cc(C(C)=O)n(COCC[Si](C)(C)C)n1. The molecule has 112 valence electrons. The first-order valence-corrected chi connectivity index (χ1v) is 10.2. The van der Waals surface area contributed by atoms with Crippen molar-refractivity contribution in [1.82, 2.24) is 9.78 Å². The largest absolute Gasteiger partial charge is 0.464 e. The topological polar surface area (TPSA) is 70.4 Å². The van der Waals surface area contributed by atoms with Gasteiger partial charge in [-0.15, -0.1) is 0 Å². The summed E-state index contributed by atoms with van der Waals surface area (Å²) in [5, 5.41) is 4.04. The van der Waals surface area contributed by atoms with Gasteiger partial charge >= 0.3 is 5.97 Å². The maximum atomic E-state index is 11.5. The van der Waals surface area contributed by atoms with Gasteiger partial charge in [-0.1, -0.05) is 19.6 Å². The minimum absolute atomic E-state index is 0.117. The molecule has 1 aromatic rings. The Labute approximate surface area is 120 Å². The van der Waals surface area contributed by atoms with Crippen molar-refractivity contribution in [2.75, 3.05) is 13.7 Å². The van der Waals surface area contributed by atoms with Gasteiger partial charge in [-0.25, -0.2) is 9.48 Å². The predicted octanol–water partition coefficient (Wildman–Crippen LogP) is 2.18. The van der Waals surface area contributed by atoms with Crippen molar-refractivity contribution < 1.29 is 19.1 Å². The molecule has 0 aromatic carbocycles. The van der Waals surface area contributed by atoms with Crippen molar-refractivity contribution in [3.63, 3.8) is 0 Å². The molecule has 0 aliphatic rings. The van der Waals surface area contributed by atoms with Crippen LogP contribution in [-0.2, 0) is 16.2 Å². The number of nitrogens with zero attached hydrogens (tertiary/aromatic N) is 2. The van der Waals surface area contributed by atoms with Gasteiger partial charge in [0.05, 0.1) is 7.11 Å².